The van der Waals surface area contributed by atoms with Gasteiger partial charge in [-0.2, -0.15) is 0 Å². The molecule has 0 saturated heterocycles. The number of carbonyl (C=O) groups excluding carboxylic acids is 2. The lowest BCUT2D eigenvalue weighted by Crippen LogP contribution is -2.37. The van der Waals surface area contributed by atoms with E-state index in [9.17, 15) is 19.0 Å². The number of carbonyl (C=O) groups is 2. The minimum atomic E-state index is -4.36. The van der Waals surface area contributed by atoms with Crippen molar-refractivity contribution in [3.05, 3.63) is 12.2 Å². The average Bonchev–Trinajstić information content (AvgIpc) is 2.97. The minimum absolute atomic E-state index is 0.0323. The molecule has 0 saturated carbocycles. The molecule has 0 heterocycles. The summed E-state index contributed by atoms with van der Waals surface area (Å²) in [6, 6.07) is 0. The van der Waals surface area contributed by atoms with Gasteiger partial charge in [0.05, 0.1) is 27.7 Å². The molecule has 10 heteroatoms. The summed E-state index contributed by atoms with van der Waals surface area (Å²) in [4.78, 5) is 35.0. The van der Waals surface area contributed by atoms with Crippen molar-refractivity contribution < 1.29 is 42.1 Å². The molecular weight excluding hydrogens is 593 g/mol. The molecule has 0 aromatic heterocycles. The van der Waals surface area contributed by atoms with Gasteiger partial charge < -0.3 is 18.9 Å². The summed E-state index contributed by atoms with van der Waals surface area (Å²) in [6.07, 6.45) is 25.7. The molecule has 0 aliphatic carbocycles. The van der Waals surface area contributed by atoms with Crippen LogP contribution in [0.4, 0.5) is 0 Å². The van der Waals surface area contributed by atoms with Crippen LogP contribution in [-0.2, 0) is 32.7 Å². The number of hydrogen-bond acceptors (Lipinski definition) is 7. The molecule has 0 aromatic rings. The van der Waals surface area contributed by atoms with Crippen LogP contribution in [-0.4, -0.2) is 74.9 Å². The van der Waals surface area contributed by atoms with E-state index in [1.165, 1.54) is 64.2 Å². The average molecular weight is 663 g/mol. The van der Waals surface area contributed by atoms with Gasteiger partial charge in [0.1, 0.15) is 19.8 Å². The number of allylic oxidation sites excluding steroid dienone is 2. The van der Waals surface area contributed by atoms with E-state index in [-0.39, 0.29) is 25.6 Å². The number of phosphoric acid groups is 1. The summed E-state index contributed by atoms with van der Waals surface area (Å²) in [6.45, 7) is 4.18. The lowest BCUT2D eigenvalue weighted by Gasteiger charge is -2.24. The fourth-order valence-electron chi connectivity index (χ4n) is 4.78. The molecule has 0 fully saturated rings. The first-order chi connectivity index (χ1) is 21.5. The van der Waals surface area contributed by atoms with E-state index >= 15 is 0 Å². The Bertz CT molecular complexity index is 799. The second kappa shape index (κ2) is 28.9. The number of unbranched alkanes of at least 4 members (excludes halogenated alkanes) is 17. The lowest BCUT2D eigenvalue weighted by atomic mass is 10.0. The van der Waals surface area contributed by atoms with Gasteiger partial charge >= 0.3 is 19.8 Å². The van der Waals surface area contributed by atoms with Gasteiger partial charge in [0.15, 0.2) is 6.10 Å². The van der Waals surface area contributed by atoms with Gasteiger partial charge in [-0.05, 0) is 32.6 Å². The van der Waals surface area contributed by atoms with Crippen molar-refractivity contribution in [3.63, 3.8) is 0 Å². The molecule has 0 radical (unpaired) electrons. The number of esters is 2. The van der Waals surface area contributed by atoms with Crippen molar-refractivity contribution in [1.29, 1.82) is 0 Å². The molecule has 0 rings (SSSR count). The highest BCUT2D eigenvalue weighted by Gasteiger charge is 2.27. The summed E-state index contributed by atoms with van der Waals surface area (Å²) < 4.78 is 34.0. The van der Waals surface area contributed by atoms with E-state index in [1.54, 1.807) is 0 Å². The van der Waals surface area contributed by atoms with Crippen LogP contribution in [0.1, 0.15) is 149 Å². The van der Waals surface area contributed by atoms with Crippen LogP contribution < -0.4 is 0 Å². The Labute approximate surface area is 276 Å². The summed E-state index contributed by atoms with van der Waals surface area (Å²) in [5, 5.41) is 0. The Morgan fingerprint density at radius 2 is 1.20 bits per heavy atom. The van der Waals surface area contributed by atoms with E-state index in [4.69, 9.17) is 18.5 Å². The van der Waals surface area contributed by atoms with Crippen LogP contribution in [0.2, 0.25) is 0 Å². The van der Waals surface area contributed by atoms with E-state index < -0.39 is 26.5 Å². The quantitative estimate of drug-likeness (QED) is 0.0250. The first-order valence-electron chi connectivity index (χ1n) is 17.9. The van der Waals surface area contributed by atoms with Crippen molar-refractivity contribution in [3.8, 4) is 0 Å². The SMILES string of the molecule is C/C=C\CCCCCCCC(=O)O[C@H](COC(=O)CCCCCCCCCCCCCCC)COP(=O)(O)OCC[N+](C)(C)C. The zero-order valence-corrected chi connectivity index (χ0v) is 30.5. The molecule has 0 aliphatic rings. The number of phosphoric ester groups is 1. The summed E-state index contributed by atoms with van der Waals surface area (Å²) in [7, 11) is 1.47. The zero-order chi connectivity index (χ0) is 33.7. The van der Waals surface area contributed by atoms with E-state index in [1.807, 2.05) is 28.1 Å². The Morgan fingerprint density at radius 3 is 1.71 bits per heavy atom. The molecule has 0 aromatic carbocycles. The fraction of sp³-hybridized carbons (Fsp3) is 0.886. The van der Waals surface area contributed by atoms with Crippen LogP contribution in [0.3, 0.4) is 0 Å². The zero-order valence-electron chi connectivity index (χ0n) is 29.6. The van der Waals surface area contributed by atoms with E-state index in [0.29, 0.717) is 23.9 Å². The molecule has 1 N–H and O–H groups in total. The normalized spacial score (nSPS) is 14.0. The highest BCUT2D eigenvalue weighted by atomic mass is 31.2. The molecule has 1 unspecified atom stereocenters. The van der Waals surface area contributed by atoms with Crippen LogP contribution in [0, 0.1) is 0 Å². The van der Waals surface area contributed by atoms with Gasteiger partial charge in [-0.15, -0.1) is 0 Å². The highest BCUT2D eigenvalue weighted by Crippen LogP contribution is 2.43. The third-order valence-corrected chi connectivity index (χ3v) is 8.62. The molecule has 45 heavy (non-hydrogen) atoms. The highest BCUT2D eigenvalue weighted by molar-refractivity contribution is 7.47. The van der Waals surface area contributed by atoms with E-state index in [2.05, 4.69) is 19.1 Å². The maximum atomic E-state index is 12.5. The number of likely N-dealkylation sites (N-methyl/N-ethyl adjacent to an activating group) is 1. The van der Waals surface area contributed by atoms with Crippen molar-refractivity contribution in [2.45, 2.75) is 155 Å². The fourth-order valence-corrected chi connectivity index (χ4v) is 5.52. The Morgan fingerprint density at radius 1 is 0.711 bits per heavy atom. The molecule has 0 bridgehead atoms. The smallest absolute Gasteiger partial charge is 0.462 e. The third-order valence-electron chi connectivity index (χ3n) is 7.64. The predicted octanol–water partition coefficient (Wildman–Crippen LogP) is 9.07. The first kappa shape index (κ1) is 43.8. The molecule has 0 amide bonds. The Balaban J connectivity index is 4.41. The summed E-state index contributed by atoms with van der Waals surface area (Å²) in [5.74, 6) is -0.813. The van der Waals surface area contributed by atoms with Gasteiger partial charge in [-0.25, -0.2) is 4.57 Å². The van der Waals surface area contributed by atoms with Crippen molar-refractivity contribution in [1.82, 2.24) is 0 Å². The number of rotatable bonds is 32. The number of nitrogens with zero attached hydrogens (tertiary/aromatic N) is 1. The second-order valence-electron chi connectivity index (χ2n) is 13.3. The van der Waals surface area contributed by atoms with Crippen LogP contribution >= 0.6 is 7.82 Å². The van der Waals surface area contributed by atoms with Crippen molar-refractivity contribution in [2.24, 2.45) is 0 Å². The maximum absolute atomic E-state index is 12.5. The molecule has 0 spiro atoms. The minimum Gasteiger partial charge on any atom is -0.462 e. The monoisotopic (exact) mass is 662 g/mol. The van der Waals surface area contributed by atoms with E-state index in [0.717, 1.165) is 51.4 Å². The van der Waals surface area contributed by atoms with Crippen LogP contribution in [0.25, 0.3) is 0 Å². The molecule has 9 nitrogen and oxygen atoms in total. The number of hydrogen-bond donors (Lipinski definition) is 1. The van der Waals surface area contributed by atoms with Gasteiger partial charge in [0, 0.05) is 12.8 Å². The third kappa shape index (κ3) is 32.5. The Kier molecular flexibility index (Phi) is 28.1. The number of quaternary nitrogens is 1. The predicted molar refractivity (Wildman–Crippen MR) is 183 cm³/mol. The maximum Gasteiger partial charge on any atom is 0.472 e. The molecule has 0 aliphatic heterocycles. The summed E-state index contributed by atoms with van der Waals surface area (Å²) in [5.41, 5.74) is 0. The van der Waals surface area contributed by atoms with Gasteiger partial charge in [0.2, 0.25) is 0 Å². The molecule has 266 valence electrons. The first-order valence-corrected chi connectivity index (χ1v) is 19.4. The summed E-state index contributed by atoms with van der Waals surface area (Å²) >= 11 is 0. The van der Waals surface area contributed by atoms with Gasteiger partial charge in [0.25, 0.3) is 0 Å². The standard InChI is InChI=1S/C35H68NO8P/c1-6-8-10-12-14-16-17-18-19-20-22-23-25-27-34(37)41-31-33(32-43-45(39,40)42-30-29-36(3,4)5)44-35(38)28-26-24-21-15-13-11-9-7-2/h7,9,33H,6,8,10-32H2,1-5H3/p+1/b9-7-/t33-/m1/s1. The van der Waals surface area contributed by atoms with Crippen LogP contribution in [0.15, 0.2) is 12.2 Å². The van der Waals surface area contributed by atoms with Crippen molar-refractivity contribution >= 4 is 19.8 Å². The molecule has 2 atom stereocenters. The lowest BCUT2D eigenvalue weighted by molar-refractivity contribution is -0.870. The van der Waals surface area contributed by atoms with Gasteiger partial charge in [-0.3, -0.25) is 18.6 Å². The van der Waals surface area contributed by atoms with Gasteiger partial charge in [-0.1, -0.05) is 115 Å². The Hall–Kier alpha value is -1.25. The largest absolute Gasteiger partial charge is 0.472 e. The second-order valence-corrected chi connectivity index (χ2v) is 14.7. The molecular formula is C35H69NO8P+. The van der Waals surface area contributed by atoms with Crippen molar-refractivity contribution in [2.75, 3.05) is 47.5 Å². The number of ether oxygens (including phenoxy) is 2. The van der Waals surface area contributed by atoms with Crippen LogP contribution in [0.5, 0.6) is 0 Å². The topological polar surface area (TPSA) is 108 Å².